The molecule has 0 radical (unpaired) electrons. The second-order valence-corrected chi connectivity index (χ2v) is 6.73. The highest BCUT2D eigenvalue weighted by Crippen LogP contribution is 2.16. The summed E-state index contributed by atoms with van der Waals surface area (Å²) in [6.45, 7) is 11.3. The first-order valence-corrected chi connectivity index (χ1v) is 9.14. The Hall–Kier alpha value is -2.04. The molecule has 5 nitrogen and oxygen atoms in total. The maximum absolute atomic E-state index is 4.88. The largest absolute Gasteiger partial charge is 0.357 e. The molecule has 0 aliphatic carbocycles. The molecule has 2 aromatic rings. The second kappa shape index (κ2) is 7.69. The molecule has 24 heavy (non-hydrogen) atoms. The first kappa shape index (κ1) is 16.8. The summed E-state index contributed by atoms with van der Waals surface area (Å²) in [5.74, 6) is 2.87. The minimum Gasteiger partial charge on any atom is -0.357 e. The van der Waals surface area contributed by atoms with E-state index in [4.69, 9.17) is 4.99 Å². The van der Waals surface area contributed by atoms with Gasteiger partial charge in [-0.05, 0) is 44.7 Å². The number of aromatic nitrogens is 2. The summed E-state index contributed by atoms with van der Waals surface area (Å²) in [6.07, 6.45) is 2.59. The van der Waals surface area contributed by atoms with Gasteiger partial charge in [0.1, 0.15) is 5.82 Å². The van der Waals surface area contributed by atoms with Crippen molar-refractivity contribution in [2.24, 2.45) is 10.9 Å². The summed E-state index contributed by atoms with van der Waals surface area (Å²) in [6, 6.07) is 8.32. The number of nitrogens with zero attached hydrogens (tertiary/aromatic N) is 4. The highest BCUT2D eigenvalue weighted by molar-refractivity contribution is 5.80. The Balaban J connectivity index is 1.71. The van der Waals surface area contributed by atoms with E-state index in [1.807, 2.05) is 6.07 Å². The van der Waals surface area contributed by atoms with Crippen LogP contribution in [0.25, 0.3) is 11.0 Å². The van der Waals surface area contributed by atoms with Crippen LogP contribution in [0, 0.1) is 12.8 Å². The molecular formula is C19H29N5. The van der Waals surface area contributed by atoms with Crippen LogP contribution in [-0.4, -0.2) is 46.6 Å². The van der Waals surface area contributed by atoms with Gasteiger partial charge < -0.3 is 14.8 Å². The lowest BCUT2D eigenvalue weighted by Gasteiger charge is -2.33. The summed E-state index contributed by atoms with van der Waals surface area (Å²) >= 11 is 0. The van der Waals surface area contributed by atoms with Crippen molar-refractivity contribution in [2.45, 2.75) is 40.2 Å². The predicted octanol–water partition coefficient (Wildman–Crippen LogP) is 3.04. The van der Waals surface area contributed by atoms with Crippen molar-refractivity contribution in [1.82, 2.24) is 19.8 Å². The van der Waals surface area contributed by atoms with E-state index in [2.05, 4.69) is 58.7 Å². The summed E-state index contributed by atoms with van der Waals surface area (Å²) in [7, 11) is 0. The Bertz CT molecular complexity index is 703. The number of para-hydroxylation sites is 2. The number of benzene rings is 1. The van der Waals surface area contributed by atoms with Crippen LogP contribution < -0.4 is 5.32 Å². The molecule has 0 spiro atoms. The van der Waals surface area contributed by atoms with E-state index in [0.29, 0.717) is 0 Å². The Kier molecular flexibility index (Phi) is 5.38. The lowest BCUT2D eigenvalue weighted by Crippen LogP contribution is -2.46. The zero-order valence-electron chi connectivity index (χ0n) is 15.1. The van der Waals surface area contributed by atoms with E-state index in [0.717, 1.165) is 55.9 Å². The van der Waals surface area contributed by atoms with Gasteiger partial charge in [-0.25, -0.2) is 4.98 Å². The van der Waals surface area contributed by atoms with Crippen molar-refractivity contribution in [3.63, 3.8) is 0 Å². The van der Waals surface area contributed by atoms with Crippen molar-refractivity contribution >= 4 is 17.0 Å². The van der Waals surface area contributed by atoms with E-state index < -0.39 is 0 Å². The first-order chi connectivity index (χ1) is 11.7. The number of nitrogens with one attached hydrogen (secondary N) is 1. The summed E-state index contributed by atoms with van der Waals surface area (Å²) in [5, 5.41) is 3.46. The number of likely N-dealkylation sites (tertiary alicyclic amines) is 1. The van der Waals surface area contributed by atoms with Crippen LogP contribution in [0.4, 0.5) is 0 Å². The van der Waals surface area contributed by atoms with Crippen LogP contribution in [0.1, 0.15) is 32.5 Å². The quantitative estimate of drug-likeness (QED) is 0.693. The molecule has 1 fully saturated rings. The van der Waals surface area contributed by atoms with E-state index >= 15 is 0 Å². The highest BCUT2D eigenvalue weighted by atomic mass is 15.3. The molecule has 1 aromatic carbocycles. The highest BCUT2D eigenvalue weighted by Gasteiger charge is 2.19. The Morgan fingerprint density at radius 1 is 1.38 bits per heavy atom. The van der Waals surface area contributed by atoms with Crippen LogP contribution in [0.2, 0.25) is 0 Å². The number of aliphatic imine (C=N–C) groups is 1. The molecule has 130 valence electrons. The van der Waals surface area contributed by atoms with Gasteiger partial charge >= 0.3 is 0 Å². The number of hydrogen-bond donors (Lipinski definition) is 1. The SMILES string of the molecule is CCNC(=NCCn1c(C)nc2ccccc21)N1CCCC(C)C1. The fraction of sp³-hybridized carbons (Fsp3) is 0.579. The minimum atomic E-state index is 0.752. The molecule has 1 saturated heterocycles. The molecule has 0 saturated carbocycles. The fourth-order valence-corrected chi connectivity index (χ4v) is 3.54. The Labute approximate surface area is 144 Å². The second-order valence-electron chi connectivity index (χ2n) is 6.73. The van der Waals surface area contributed by atoms with Crippen LogP contribution >= 0.6 is 0 Å². The van der Waals surface area contributed by atoms with Gasteiger partial charge in [-0.15, -0.1) is 0 Å². The zero-order valence-corrected chi connectivity index (χ0v) is 15.1. The van der Waals surface area contributed by atoms with E-state index in [1.165, 1.54) is 18.4 Å². The lowest BCUT2D eigenvalue weighted by molar-refractivity contribution is 0.266. The molecular weight excluding hydrogens is 298 g/mol. The van der Waals surface area contributed by atoms with E-state index in [-0.39, 0.29) is 0 Å². The van der Waals surface area contributed by atoms with Crippen molar-refractivity contribution in [3.8, 4) is 0 Å². The van der Waals surface area contributed by atoms with Crippen molar-refractivity contribution in [2.75, 3.05) is 26.2 Å². The third-order valence-corrected chi connectivity index (χ3v) is 4.72. The normalized spacial score (nSPS) is 19.0. The maximum Gasteiger partial charge on any atom is 0.193 e. The van der Waals surface area contributed by atoms with Gasteiger partial charge in [-0.3, -0.25) is 4.99 Å². The van der Waals surface area contributed by atoms with Gasteiger partial charge in [0.25, 0.3) is 0 Å². The van der Waals surface area contributed by atoms with Crippen molar-refractivity contribution in [1.29, 1.82) is 0 Å². The van der Waals surface area contributed by atoms with Gasteiger partial charge in [0.15, 0.2) is 5.96 Å². The van der Waals surface area contributed by atoms with Gasteiger partial charge in [0.2, 0.25) is 0 Å². The Morgan fingerprint density at radius 2 is 2.21 bits per heavy atom. The van der Waals surface area contributed by atoms with Crippen LogP contribution in [-0.2, 0) is 6.54 Å². The first-order valence-electron chi connectivity index (χ1n) is 9.14. The summed E-state index contributed by atoms with van der Waals surface area (Å²) in [5.41, 5.74) is 2.26. The number of guanidine groups is 1. The third-order valence-electron chi connectivity index (χ3n) is 4.72. The molecule has 1 unspecified atom stereocenters. The van der Waals surface area contributed by atoms with Gasteiger partial charge in [-0.1, -0.05) is 19.1 Å². The standard InChI is InChI=1S/C19H29N5/c1-4-20-19(23-12-7-8-15(2)14-23)21-11-13-24-16(3)22-17-9-5-6-10-18(17)24/h5-6,9-10,15H,4,7-8,11-14H2,1-3H3,(H,20,21). The number of piperidine rings is 1. The lowest BCUT2D eigenvalue weighted by atomic mass is 10.0. The molecule has 1 atom stereocenters. The number of hydrogen-bond acceptors (Lipinski definition) is 2. The monoisotopic (exact) mass is 327 g/mol. The van der Waals surface area contributed by atoms with Crippen LogP contribution in [0.5, 0.6) is 0 Å². The minimum absolute atomic E-state index is 0.752. The van der Waals surface area contributed by atoms with Crippen LogP contribution in [0.15, 0.2) is 29.3 Å². The molecule has 1 aromatic heterocycles. The smallest absolute Gasteiger partial charge is 0.193 e. The van der Waals surface area contributed by atoms with Gasteiger partial charge in [0, 0.05) is 26.2 Å². The molecule has 1 aliphatic heterocycles. The number of aryl methyl sites for hydroxylation is 1. The number of imidazole rings is 1. The zero-order chi connectivity index (χ0) is 16.9. The molecule has 0 bridgehead atoms. The number of fused-ring (bicyclic) bond motifs is 1. The van der Waals surface area contributed by atoms with Crippen LogP contribution in [0.3, 0.4) is 0 Å². The van der Waals surface area contributed by atoms with E-state index in [1.54, 1.807) is 0 Å². The molecule has 2 heterocycles. The molecule has 5 heteroatoms. The van der Waals surface area contributed by atoms with Crippen molar-refractivity contribution < 1.29 is 0 Å². The number of rotatable bonds is 4. The maximum atomic E-state index is 4.88. The van der Waals surface area contributed by atoms with Gasteiger partial charge in [0.05, 0.1) is 17.6 Å². The summed E-state index contributed by atoms with van der Waals surface area (Å²) in [4.78, 5) is 11.9. The molecule has 1 N–H and O–H groups in total. The van der Waals surface area contributed by atoms with E-state index in [9.17, 15) is 0 Å². The molecule has 0 amide bonds. The molecule has 3 rings (SSSR count). The predicted molar refractivity (Wildman–Crippen MR) is 100 cm³/mol. The fourth-order valence-electron chi connectivity index (χ4n) is 3.54. The van der Waals surface area contributed by atoms with Gasteiger partial charge in [-0.2, -0.15) is 0 Å². The third kappa shape index (κ3) is 3.71. The summed E-state index contributed by atoms with van der Waals surface area (Å²) < 4.78 is 2.27. The average molecular weight is 327 g/mol. The average Bonchev–Trinajstić information content (AvgIpc) is 2.90. The topological polar surface area (TPSA) is 45.5 Å². The molecule has 1 aliphatic rings. The Morgan fingerprint density at radius 3 is 3.00 bits per heavy atom. The van der Waals surface area contributed by atoms with Crippen molar-refractivity contribution in [3.05, 3.63) is 30.1 Å².